The predicted octanol–water partition coefficient (Wildman–Crippen LogP) is 15.2. The van der Waals surface area contributed by atoms with Crippen LogP contribution in [0.3, 0.4) is 0 Å². The van der Waals surface area contributed by atoms with E-state index >= 15 is 0 Å². The fourth-order valence-electron chi connectivity index (χ4n) is 10.3. The average Bonchev–Trinajstić information content (AvgIpc) is 3.79. The molecule has 2 unspecified atom stereocenters. The fraction of sp³-hybridized carbons (Fsp3) is 0.317. The maximum atomic E-state index is 9.48. The Labute approximate surface area is 399 Å². The third-order valence-electron chi connectivity index (χ3n) is 13.6. The van der Waals surface area contributed by atoms with Gasteiger partial charge in [-0.05, 0) is 98.4 Å². The number of nitrogens with zero attached hydrogens (tertiary/aromatic N) is 3. The smallest absolute Gasteiger partial charge is 0.410 e. The van der Waals surface area contributed by atoms with E-state index in [1.165, 1.54) is 0 Å². The first-order valence-electron chi connectivity index (χ1n) is 28.7. The lowest BCUT2D eigenvalue weighted by atomic mass is 9.77. The lowest BCUT2D eigenvalue weighted by Crippen LogP contribution is -2.71. The lowest BCUT2D eigenvalue weighted by molar-refractivity contribution is -0.774. The van der Waals surface area contributed by atoms with Gasteiger partial charge in [0, 0.05) is 52.3 Å². The zero-order valence-electron chi connectivity index (χ0n) is 51.2. The van der Waals surface area contributed by atoms with Crippen molar-refractivity contribution in [1.29, 1.82) is 0 Å². The van der Waals surface area contributed by atoms with Gasteiger partial charge in [-0.3, -0.25) is 0 Å². The summed E-state index contributed by atoms with van der Waals surface area (Å²) in [6.07, 6.45) is 1.33. The van der Waals surface area contributed by atoms with Crippen LogP contribution in [0.2, 0.25) is 0 Å². The van der Waals surface area contributed by atoms with Crippen molar-refractivity contribution >= 4 is 17.1 Å². The number of ether oxygens (including phenoxy) is 1. The van der Waals surface area contributed by atoms with Crippen molar-refractivity contribution in [1.82, 2.24) is 0 Å². The van der Waals surface area contributed by atoms with Crippen LogP contribution in [0.15, 0.2) is 133 Å². The van der Waals surface area contributed by atoms with E-state index in [9.17, 15) is 5.48 Å². The van der Waals surface area contributed by atoms with Gasteiger partial charge in [-0.25, -0.2) is 4.90 Å². The average molecular weight is 854 g/mol. The van der Waals surface area contributed by atoms with E-state index in [4.69, 9.17) is 17.1 Å². The van der Waals surface area contributed by atoms with Gasteiger partial charge in [-0.2, -0.15) is 0 Å². The standard InChI is InChI=1S/C60H62N3O/c1-36-22-27-49(44(30-36)38-18-15-14-16-19-38)62-50-21-17-20-43-45-32-41(57(5,6)7)33-46-51-31-39(37-23-25-40(26-24-37)56(2,3)4)28-29-61(51)60(52(45)46)63(53(43)50)55(62)47-34-42(58(8,9)10)35-48(54(47)64-60)59(11,12)13/h14-35,55H,1-13H3/q+1/i2D3,3D3,4D3,23D,24D,25D,26D. The number of fused-ring (bicyclic) bond motifs is 5. The molecule has 11 rings (SSSR count). The molecule has 0 amide bonds. The molecule has 0 N–H and O–H groups in total. The van der Waals surface area contributed by atoms with Gasteiger partial charge in [0.05, 0.1) is 28.1 Å². The minimum atomic E-state index is -3.81. The van der Waals surface area contributed by atoms with Gasteiger partial charge in [0.2, 0.25) is 5.69 Å². The van der Waals surface area contributed by atoms with Crippen LogP contribution in [0.25, 0.3) is 44.6 Å². The van der Waals surface area contributed by atoms with Crippen LogP contribution in [-0.2, 0) is 27.5 Å². The second-order valence-electron chi connectivity index (χ2n) is 21.2. The molecule has 64 heavy (non-hydrogen) atoms. The molecular weight excluding hydrogens is 779 g/mol. The lowest BCUT2D eigenvalue weighted by Gasteiger charge is -2.49. The molecule has 4 nitrogen and oxygen atoms in total. The molecule has 322 valence electrons. The zero-order chi connectivity index (χ0) is 56.0. The summed E-state index contributed by atoms with van der Waals surface area (Å²) in [6, 6.07) is 32.3. The molecular formula is C60H62N3O+. The van der Waals surface area contributed by atoms with Crippen molar-refractivity contribution in [3.63, 3.8) is 0 Å². The van der Waals surface area contributed by atoms with E-state index in [1.807, 2.05) is 12.3 Å². The highest BCUT2D eigenvalue weighted by atomic mass is 16.5. The molecule has 4 aliphatic heterocycles. The van der Waals surface area contributed by atoms with Crippen LogP contribution in [-0.4, -0.2) is 0 Å². The van der Waals surface area contributed by atoms with Crippen molar-refractivity contribution in [2.24, 2.45) is 0 Å². The van der Waals surface area contributed by atoms with Crippen LogP contribution in [0.1, 0.15) is 146 Å². The van der Waals surface area contributed by atoms with Crippen molar-refractivity contribution in [3.05, 3.63) is 172 Å². The highest BCUT2D eigenvalue weighted by Gasteiger charge is 2.70. The summed E-state index contributed by atoms with van der Waals surface area (Å²) in [5, 5.41) is 0. The number of anilines is 3. The zero-order valence-corrected chi connectivity index (χ0v) is 38.2. The molecule has 1 aromatic heterocycles. The number of pyridine rings is 1. The van der Waals surface area contributed by atoms with Gasteiger partial charge in [-0.1, -0.05) is 167 Å². The number of aryl methyl sites for hydroxylation is 1. The van der Waals surface area contributed by atoms with Gasteiger partial charge in [0.25, 0.3) is 0 Å². The minimum Gasteiger partial charge on any atom is -0.410 e. The Bertz CT molecular complexity index is 3610. The van der Waals surface area contributed by atoms with Crippen LogP contribution >= 0.6 is 0 Å². The molecule has 4 heteroatoms. The second kappa shape index (κ2) is 13.2. The molecule has 6 aromatic carbocycles. The van der Waals surface area contributed by atoms with Gasteiger partial charge in [0.15, 0.2) is 6.20 Å². The Morgan fingerprint density at radius 3 is 1.98 bits per heavy atom. The van der Waals surface area contributed by atoms with Crippen LogP contribution < -0.4 is 19.1 Å². The summed E-state index contributed by atoms with van der Waals surface area (Å²) in [5.41, 5.74) is 8.54. The first kappa shape index (κ1) is 28.6. The van der Waals surface area contributed by atoms with E-state index < -0.39 is 73.1 Å². The molecule has 7 aromatic rings. The topological polar surface area (TPSA) is 19.6 Å². The number of rotatable bonds is 3. The number of para-hydroxylation sites is 1. The first-order valence-corrected chi connectivity index (χ1v) is 22.2. The molecule has 1 spiro atoms. The number of hydrogen-bond acceptors (Lipinski definition) is 3. The summed E-state index contributed by atoms with van der Waals surface area (Å²) < 4.78 is 123. The SMILES string of the molecule is [2H]c1c([2H])c(C(C([2H])([2H])[2H])(C([2H])([2H])[2H])C([2H])([2H])[2H])c([2H])c([2H])c1-c1cc[n+]2c(c1)-c1cc(C(C)(C)C)cc3c1C21Oc2c(cc(C(C)(C)C)cc2C(C)(C)C)C2N(c4ccc(C)cc4-c4ccccc4)c4cccc-3c4N21. The monoisotopic (exact) mass is 854 g/mol. The normalized spacial score (nSPS) is 21.6. The number of hydrogen-bond donors (Lipinski definition) is 0. The molecule has 4 aliphatic rings. The van der Waals surface area contributed by atoms with Gasteiger partial charge in [0.1, 0.15) is 17.5 Å². The Hall–Kier alpha value is -6.13. The summed E-state index contributed by atoms with van der Waals surface area (Å²) in [5.74, 6) is -0.693. The summed E-state index contributed by atoms with van der Waals surface area (Å²) >= 11 is 0. The van der Waals surface area contributed by atoms with Crippen molar-refractivity contribution in [3.8, 4) is 50.4 Å². The molecule has 0 radical (unpaired) electrons. The molecule has 0 saturated carbocycles. The Morgan fingerprint density at radius 2 is 1.30 bits per heavy atom. The summed E-state index contributed by atoms with van der Waals surface area (Å²) in [7, 11) is 0. The highest BCUT2D eigenvalue weighted by molar-refractivity contribution is 6.03. The van der Waals surface area contributed by atoms with Crippen molar-refractivity contribution in [2.45, 2.75) is 123 Å². The van der Waals surface area contributed by atoms with E-state index in [0.29, 0.717) is 5.69 Å². The van der Waals surface area contributed by atoms with E-state index in [2.05, 4.69) is 169 Å². The van der Waals surface area contributed by atoms with Crippen LogP contribution in [0.4, 0.5) is 17.1 Å². The van der Waals surface area contributed by atoms with Crippen molar-refractivity contribution in [2.75, 3.05) is 9.80 Å². The number of benzene rings is 6. The Balaban J connectivity index is 1.26. The van der Waals surface area contributed by atoms with Crippen LogP contribution in [0.5, 0.6) is 5.75 Å². The largest absolute Gasteiger partial charge is 0.432 e. The summed E-state index contributed by atoms with van der Waals surface area (Å²) in [4.78, 5) is 4.88. The Morgan fingerprint density at radius 1 is 0.594 bits per heavy atom. The maximum absolute atomic E-state index is 9.48. The van der Waals surface area contributed by atoms with E-state index in [0.717, 1.165) is 84.0 Å². The second-order valence-corrected chi connectivity index (χ2v) is 21.2. The van der Waals surface area contributed by atoms with Gasteiger partial charge in [-0.15, -0.1) is 4.57 Å². The third-order valence-corrected chi connectivity index (χ3v) is 13.6. The molecule has 2 atom stereocenters. The number of aromatic nitrogens is 1. The van der Waals surface area contributed by atoms with Crippen LogP contribution in [0, 0.1) is 6.92 Å². The molecule has 5 heterocycles. The molecule has 0 saturated heterocycles. The maximum Gasteiger partial charge on any atom is 0.432 e. The minimum absolute atomic E-state index is 0.207. The quantitative estimate of drug-likeness (QED) is 0.165. The van der Waals surface area contributed by atoms with Gasteiger partial charge < -0.3 is 9.64 Å². The fourth-order valence-corrected chi connectivity index (χ4v) is 10.3. The first-order chi connectivity index (χ1) is 35.6. The molecule has 0 aliphatic carbocycles. The van der Waals surface area contributed by atoms with Crippen molar-refractivity contribution < 1.29 is 27.1 Å². The van der Waals surface area contributed by atoms with E-state index in [-0.39, 0.29) is 22.0 Å². The summed E-state index contributed by atoms with van der Waals surface area (Å²) in [6.45, 7) is 10.4. The van der Waals surface area contributed by atoms with E-state index in [1.54, 1.807) is 12.1 Å². The Kier molecular flexibility index (Phi) is 5.91. The highest BCUT2D eigenvalue weighted by Crippen LogP contribution is 2.68. The molecule has 0 fully saturated rings. The molecule has 0 bridgehead atoms. The third kappa shape index (κ3) is 5.76. The van der Waals surface area contributed by atoms with Gasteiger partial charge >= 0.3 is 5.85 Å². The predicted molar refractivity (Wildman–Crippen MR) is 266 cm³/mol.